The lowest BCUT2D eigenvalue weighted by molar-refractivity contribution is -0.115. The summed E-state index contributed by atoms with van der Waals surface area (Å²) in [7, 11) is 1.72. The molecule has 6 heteroatoms. The highest BCUT2D eigenvalue weighted by molar-refractivity contribution is 6.00. The summed E-state index contributed by atoms with van der Waals surface area (Å²) in [6.07, 6.45) is 1.78. The van der Waals surface area contributed by atoms with Crippen molar-refractivity contribution < 1.29 is 9.18 Å². The molecule has 0 saturated heterocycles. The fourth-order valence-corrected chi connectivity index (χ4v) is 2.12. The molecule has 0 atom stereocenters. The molecule has 1 aliphatic rings. The Labute approximate surface area is 102 Å². The number of anilines is 2. The maximum Gasteiger partial charge on any atom is 0.228 e. The third kappa shape index (κ3) is 1.46. The molecule has 1 amide bonds. The van der Waals surface area contributed by atoms with Gasteiger partial charge < -0.3 is 11.1 Å². The van der Waals surface area contributed by atoms with Gasteiger partial charge in [0.15, 0.2) is 0 Å². The zero-order valence-electron chi connectivity index (χ0n) is 9.70. The summed E-state index contributed by atoms with van der Waals surface area (Å²) < 4.78 is 15.4. The van der Waals surface area contributed by atoms with Gasteiger partial charge in [0.1, 0.15) is 11.6 Å². The van der Waals surface area contributed by atoms with Gasteiger partial charge in [-0.3, -0.25) is 9.48 Å². The molecule has 0 bridgehead atoms. The lowest BCUT2D eigenvalue weighted by Gasteiger charge is -2.05. The summed E-state index contributed by atoms with van der Waals surface area (Å²) in [6.45, 7) is 0. The molecule has 0 aliphatic carbocycles. The van der Waals surface area contributed by atoms with Crippen LogP contribution >= 0.6 is 0 Å². The third-order valence-electron chi connectivity index (χ3n) is 3.08. The third-order valence-corrected chi connectivity index (χ3v) is 3.08. The van der Waals surface area contributed by atoms with Crippen LogP contribution in [0.25, 0.3) is 11.1 Å². The Morgan fingerprint density at radius 3 is 2.94 bits per heavy atom. The predicted molar refractivity (Wildman–Crippen MR) is 65.3 cm³/mol. The molecule has 0 fully saturated rings. The largest absolute Gasteiger partial charge is 0.383 e. The van der Waals surface area contributed by atoms with Crippen molar-refractivity contribution in [3.8, 4) is 11.1 Å². The van der Waals surface area contributed by atoms with E-state index in [2.05, 4.69) is 10.4 Å². The van der Waals surface area contributed by atoms with Crippen molar-refractivity contribution >= 4 is 17.4 Å². The molecule has 3 rings (SSSR count). The Balaban J connectivity index is 2.16. The minimum atomic E-state index is -0.448. The van der Waals surface area contributed by atoms with Crippen LogP contribution in [0.15, 0.2) is 18.3 Å². The monoisotopic (exact) mass is 246 g/mol. The van der Waals surface area contributed by atoms with Crippen molar-refractivity contribution in [1.29, 1.82) is 0 Å². The molecular formula is C12H11FN4O. The molecule has 92 valence electrons. The number of hydrogen-bond acceptors (Lipinski definition) is 3. The number of carbonyl (C=O) groups is 1. The number of benzene rings is 1. The number of amides is 1. The second kappa shape index (κ2) is 3.56. The van der Waals surface area contributed by atoms with Crippen LogP contribution in [0, 0.1) is 5.82 Å². The fraction of sp³-hybridized carbons (Fsp3) is 0.167. The number of aryl methyl sites for hydroxylation is 1. The van der Waals surface area contributed by atoms with Crippen LogP contribution in [0.2, 0.25) is 0 Å². The lowest BCUT2D eigenvalue weighted by atomic mass is 10.0. The first-order valence-electron chi connectivity index (χ1n) is 5.46. The molecule has 18 heavy (non-hydrogen) atoms. The van der Waals surface area contributed by atoms with E-state index in [4.69, 9.17) is 5.73 Å². The van der Waals surface area contributed by atoms with Gasteiger partial charge in [0, 0.05) is 12.6 Å². The number of nitrogens with zero attached hydrogens (tertiary/aromatic N) is 2. The molecule has 5 nitrogen and oxygen atoms in total. The van der Waals surface area contributed by atoms with Crippen LogP contribution in [0.1, 0.15) is 5.56 Å². The van der Waals surface area contributed by atoms with Crippen LogP contribution in [-0.2, 0) is 18.3 Å². The molecule has 1 aliphatic heterocycles. The van der Waals surface area contributed by atoms with Crippen LogP contribution in [0.5, 0.6) is 0 Å². The lowest BCUT2D eigenvalue weighted by Crippen LogP contribution is -2.04. The molecular weight excluding hydrogens is 235 g/mol. The van der Waals surface area contributed by atoms with Gasteiger partial charge in [-0.1, -0.05) is 0 Å². The van der Waals surface area contributed by atoms with Crippen LogP contribution in [-0.4, -0.2) is 15.7 Å². The maximum absolute atomic E-state index is 13.9. The summed E-state index contributed by atoms with van der Waals surface area (Å²) in [4.78, 5) is 11.3. The molecule has 0 radical (unpaired) electrons. The molecule has 2 aromatic rings. The zero-order valence-corrected chi connectivity index (χ0v) is 9.70. The average Bonchev–Trinajstić information content (AvgIpc) is 2.83. The van der Waals surface area contributed by atoms with E-state index >= 15 is 0 Å². The van der Waals surface area contributed by atoms with E-state index in [9.17, 15) is 9.18 Å². The molecule has 0 unspecified atom stereocenters. The van der Waals surface area contributed by atoms with Crippen molar-refractivity contribution in [3.63, 3.8) is 0 Å². The standard InChI is InChI=1S/C12H11FN4O/c1-17-12(14)8(5-15-17)6-2-7-4-10(18)16-11(7)9(13)3-6/h2-3,5H,4,14H2,1H3,(H,16,18). The summed E-state index contributed by atoms with van der Waals surface area (Å²) in [5.41, 5.74) is 8.07. The predicted octanol–water partition coefficient (Wildman–Crippen LogP) is 1.30. The molecule has 3 N–H and O–H groups in total. The number of aromatic nitrogens is 2. The van der Waals surface area contributed by atoms with Crippen molar-refractivity contribution in [1.82, 2.24) is 9.78 Å². The van der Waals surface area contributed by atoms with Crippen molar-refractivity contribution in [2.24, 2.45) is 7.05 Å². The molecule has 1 aromatic heterocycles. The zero-order chi connectivity index (χ0) is 12.9. The Bertz CT molecular complexity index is 662. The van der Waals surface area contributed by atoms with Gasteiger partial charge >= 0.3 is 0 Å². The molecule has 1 aromatic carbocycles. The van der Waals surface area contributed by atoms with E-state index in [0.29, 0.717) is 22.5 Å². The van der Waals surface area contributed by atoms with Crippen LogP contribution in [0.4, 0.5) is 15.9 Å². The Hall–Kier alpha value is -2.37. The highest BCUT2D eigenvalue weighted by Crippen LogP contribution is 2.33. The highest BCUT2D eigenvalue weighted by atomic mass is 19.1. The molecule has 0 saturated carbocycles. The van der Waals surface area contributed by atoms with Crippen LogP contribution in [0.3, 0.4) is 0 Å². The smallest absolute Gasteiger partial charge is 0.228 e. The number of hydrogen-bond donors (Lipinski definition) is 2. The van der Waals surface area contributed by atoms with E-state index in [-0.39, 0.29) is 18.0 Å². The highest BCUT2D eigenvalue weighted by Gasteiger charge is 2.23. The molecule has 2 heterocycles. The van der Waals surface area contributed by atoms with Crippen molar-refractivity contribution in [2.75, 3.05) is 11.1 Å². The number of halogens is 1. The minimum absolute atomic E-state index is 0.194. The van der Waals surface area contributed by atoms with Crippen LogP contribution < -0.4 is 11.1 Å². The second-order valence-corrected chi connectivity index (χ2v) is 4.28. The first kappa shape index (κ1) is 10.8. The van der Waals surface area contributed by atoms with E-state index < -0.39 is 5.82 Å². The fourth-order valence-electron chi connectivity index (χ4n) is 2.12. The summed E-state index contributed by atoms with van der Waals surface area (Å²) in [6, 6.07) is 3.13. The summed E-state index contributed by atoms with van der Waals surface area (Å²) in [5, 5.41) is 6.52. The summed E-state index contributed by atoms with van der Waals surface area (Å²) >= 11 is 0. The van der Waals surface area contributed by atoms with Gasteiger partial charge in [-0.25, -0.2) is 4.39 Å². The maximum atomic E-state index is 13.9. The number of nitrogens with one attached hydrogen (secondary N) is 1. The average molecular weight is 246 g/mol. The van der Waals surface area contributed by atoms with E-state index in [0.717, 1.165) is 0 Å². The van der Waals surface area contributed by atoms with Gasteiger partial charge in [0.25, 0.3) is 0 Å². The number of fused-ring (bicyclic) bond motifs is 1. The number of nitrogen functional groups attached to an aromatic ring is 1. The number of rotatable bonds is 1. The quantitative estimate of drug-likeness (QED) is 0.796. The summed E-state index contributed by atoms with van der Waals surface area (Å²) in [5.74, 6) is -0.177. The van der Waals surface area contributed by atoms with Gasteiger partial charge in [-0.15, -0.1) is 0 Å². The normalized spacial score (nSPS) is 13.6. The van der Waals surface area contributed by atoms with E-state index in [1.807, 2.05) is 0 Å². The Morgan fingerprint density at radius 2 is 2.28 bits per heavy atom. The Morgan fingerprint density at radius 1 is 1.50 bits per heavy atom. The molecule has 0 spiro atoms. The van der Waals surface area contributed by atoms with Gasteiger partial charge in [-0.05, 0) is 23.3 Å². The van der Waals surface area contributed by atoms with Gasteiger partial charge in [0.2, 0.25) is 5.91 Å². The second-order valence-electron chi connectivity index (χ2n) is 4.28. The SMILES string of the molecule is Cn1ncc(-c2cc(F)c3c(c2)CC(=O)N3)c1N. The van der Waals surface area contributed by atoms with E-state index in [1.165, 1.54) is 10.7 Å². The van der Waals surface area contributed by atoms with E-state index in [1.54, 1.807) is 19.3 Å². The first-order valence-corrected chi connectivity index (χ1v) is 5.46. The van der Waals surface area contributed by atoms with Crippen molar-refractivity contribution in [2.45, 2.75) is 6.42 Å². The van der Waals surface area contributed by atoms with Crippen molar-refractivity contribution in [3.05, 3.63) is 29.7 Å². The van der Waals surface area contributed by atoms with Gasteiger partial charge in [-0.2, -0.15) is 5.10 Å². The number of carbonyl (C=O) groups excluding carboxylic acids is 1. The minimum Gasteiger partial charge on any atom is -0.383 e. The van der Waals surface area contributed by atoms with Gasteiger partial charge in [0.05, 0.1) is 18.3 Å². The number of nitrogens with two attached hydrogens (primary N) is 1. The Kier molecular flexibility index (Phi) is 2.13. The first-order chi connectivity index (χ1) is 8.56. The topological polar surface area (TPSA) is 72.9 Å².